The van der Waals surface area contributed by atoms with E-state index in [2.05, 4.69) is 4.74 Å². The van der Waals surface area contributed by atoms with Gasteiger partial charge >= 0.3 is 5.97 Å². The van der Waals surface area contributed by atoms with Crippen molar-refractivity contribution in [2.45, 2.75) is 26.7 Å². The lowest BCUT2D eigenvalue weighted by molar-refractivity contribution is 0.0595. The minimum atomic E-state index is -0.535. The van der Waals surface area contributed by atoms with Crippen molar-refractivity contribution in [3.63, 3.8) is 0 Å². The molecule has 0 aromatic heterocycles. The zero-order valence-electron chi connectivity index (χ0n) is 10.8. The highest BCUT2D eigenvalue weighted by atomic mass is 35.5. The van der Waals surface area contributed by atoms with Crippen molar-refractivity contribution >= 4 is 23.4 Å². The molecule has 0 heterocycles. The zero-order chi connectivity index (χ0) is 13.7. The molecule has 0 aliphatic carbocycles. The molecule has 0 unspecified atom stereocenters. The SMILES string of the molecule is CCC(CC)C(=O)c1ccc(Cl)cc1C(=O)OC. The summed E-state index contributed by atoms with van der Waals surface area (Å²) < 4.78 is 4.68. The van der Waals surface area contributed by atoms with E-state index in [0.717, 1.165) is 12.8 Å². The van der Waals surface area contributed by atoms with E-state index in [0.29, 0.717) is 10.6 Å². The monoisotopic (exact) mass is 268 g/mol. The molecule has 0 bridgehead atoms. The van der Waals surface area contributed by atoms with E-state index in [-0.39, 0.29) is 17.3 Å². The number of rotatable bonds is 5. The Morgan fingerprint density at radius 3 is 2.33 bits per heavy atom. The van der Waals surface area contributed by atoms with E-state index in [4.69, 9.17) is 11.6 Å². The van der Waals surface area contributed by atoms with E-state index in [1.807, 2.05) is 13.8 Å². The Morgan fingerprint density at radius 1 is 1.22 bits per heavy atom. The van der Waals surface area contributed by atoms with Crippen molar-refractivity contribution in [3.8, 4) is 0 Å². The number of carbonyl (C=O) groups excluding carboxylic acids is 2. The second-order valence-corrected chi connectivity index (χ2v) is 4.50. The molecule has 0 aliphatic heterocycles. The summed E-state index contributed by atoms with van der Waals surface area (Å²) in [5.74, 6) is -0.640. The van der Waals surface area contributed by atoms with Gasteiger partial charge in [0.05, 0.1) is 12.7 Å². The fraction of sp³-hybridized carbons (Fsp3) is 0.429. The Morgan fingerprint density at radius 2 is 1.83 bits per heavy atom. The van der Waals surface area contributed by atoms with Crippen LogP contribution < -0.4 is 0 Å². The lowest BCUT2D eigenvalue weighted by atomic mass is 9.90. The molecule has 1 aromatic carbocycles. The standard InChI is InChI=1S/C14H17ClO3/c1-4-9(5-2)13(16)11-7-6-10(15)8-12(11)14(17)18-3/h6-9H,4-5H2,1-3H3. The van der Waals surface area contributed by atoms with E-state index >= 15 is 0 Å². The maximum atomic E-state index is 12.3. The van der Waals surface area contributed by atoms with Gasteiger partial charge in [-0.05, 0) is 31.0 Å². The lowest BCUT2D eigenvalue weighted by Gasteiger charge is -2.13. The number of ether oxygens (including phenoxy) is 1. The number of Topliss-reactive ketones (excluding diaryl/α,β-unsaturated/α-hetero) is 1. The first kappa shape index (κ1) is 14.7. The highest BCUT2D eigenvalue weighted by molar-refractivity contribution is 6.31. The van der Waals surface area contributed by atoms with Crippen molar-refractivity contribution < 1.29 is 14.3 Å². The van der Waals surface area contributed by atoms with Gasteiger partial charge in [0.25, 0.3) is 0 Å². The van der Waals surface area contributed by atoms with Crippen molar-refractivity contribution in [1.82, 2.24) is 0 Å². The van der Waals surface area contributed by atoms with Crippen LogP contribution in [0.4, 0.5) is 0 Å². The van der Waals surface area contributed by atoms with Crippen LogP contribution in [0.15, 0.2) is 18.2 Å². The second kappa shape index (κ2) is 6.55. The molecule has 0 atom stereocenters. The molecular formula is C14H17ClO3. The number of benzene rings is 1. The van der Waals surface area contributed by atoms with Crippen molar-refractivity contribution in [2.75, 3.05) is 7.11 Å². The molecule has 0 N–H and O–H groups in total. The molecule has 1 aromatic rings. The van der Waals surface area contributed by atoms with E-state index < -0.39 is 5.97 Å². The minimum absolute atomic E-state index is 0.0305. The summed E-state index contributed by atoms with van der Waals surface area (Å²) in [6, 6.07) is 4.68. The number of carbonyl (C=O) groups is 2. The Balaban J connectivity index is 3.23. The van der Waals surface area contributed by atoms with Crippen LogP contribution in [0.1, 0.15) is 47.4 Å². The van der Waals surface area contributed by atoms with Gasteiger partial charge in [-0.15, -0.1) is 0 Å². The average Bonchev–Trinajstić information content (AvgIpc) is 2.38. The summed E-state index contributed by atoms with van der Waals surface area (Å²) in [6.07, 6.45) is 1.50. The maximum Gasteiger partial charge on any atom is 0.338 e. The molecule has 0 aliphatic rings. The summed E-state index contributed by atoms with van der Waals surface area (Å²) in [4.78, 5) is 24.0. The third-order valence-corrected chi connectivity index (χ3v) is 3.24. The third kappa shape index (κ3) is 3.10. The Hall–Kier alpha value is -1.35. The minimum Gasteiger partial charge on any atom is -0.465 e. The molecule has 0 amide bonds. The summed E-state index contributed by atoms with van der Waals surface area (Å²) >= 11 is 5.85. The predicted octanol–water partition coefficient (Wildman–Crippen LogP) is 3.75. The number of hydrogen-bond acceptors (Lipinski definition) is 3. The number of hydrogen-bond donors (Lipinski definition) is 0. The van der Waals surface area contributed by atoms with E-state index in [1.165, 1.54) is 13.2 Å². The van der Waals surface area contributed by atoms with Gasteiger partial charge in [0, 0.05) is 16.5 Å². The Bertz CT molecular complexity index is 450. The van der Waals surface area contributed by atoms with Crippen molar-refractivity contribution in [2.24, 2.45) is 5.92 Å². The summed E-state index contributed by atoms with van der Waals surface area (Å²) in [6.45, 7) is 3.92. The van der Waals surface area contributed by atoms with Gasteiger partial charge < -0.3 is 4.74 Å². The number of methoxy groups -OCH3 is 1. The first-order valence-corrected chi connectivity index (χ1v) is 6.34. The normalized spacial score (nSPS) is 10.5. The fourth-order valence-electron chi connectivity index (χ4n) is 1.89. The first-order chi connectivity index (χ1) is 8.54. The van der Waals surface area contributed by atoms with Crippen molar-refractivity contribution in [3.05, 3.63) is 34.3 Å². The number of esters is 1. The summed E-state index contributed by atoms with van der Waals surface area (Å²) in [5.41, 5.74) is 0.627. The average molecular weight is 269 g/mol. The highest BCUT2D eigenvalue weighted by Gasteiger charge is 2.22. The van der Waals surface area contributed by atoms with Gasteiger partial charge in [0.15, 0.2) is 5.78 Å². The lowest BCUT2D eigenvalue weighted by Crippen LogP contribution is -2.17. The quantitative estimate of drug-likeness (QED) is 0.603. The molecule has 1 rings (SSSR count). The van der Waals surface area contributed by atoms with Crippen molar-refractivity contribution in [1.29, 1.82) is 0 Å². The van der Waals surface area contributed by atoms with Gasteiger partial charge in [-0.25, -0.2) is 4.79 Å². The molecule has 0 saturated heterocycles. The van der Waals surface area contributed by atoms with Crippen LogP contribution in [0.2, 0.25) is 5.02 Å². The van der Waals surface area contributed by atoms with Crippen LogP contribution >= 0.6 is 11.6 Å². The number of halogens is 1. The molecule has 18 heavy (non-hydrogen) atoms. The van der Waals surface area contributed by atoms with Gasteiger partial charge in [0.2, 0.25) is 0 Å². The van der Waals surface area contributed by atoms with Gasteiger partial charge in [-0.3, -0.25) is 4.79 Å². The molecular weight excluding hydrogens is 252 g/mol. The van der Waals surface area contributed by atoms with Gasteiger partial charge in [-0.2, -0.15) is 0 Å². The molecule has 98 valence electrons. The van der Waals surface area contributed by atoms with Crippen LogP contribution in [0.25, 0.3) is 0 Å². The van der Waals surface area contributed by atoms with Gasteiger partial charge in [0.1, 0.15) is 0 Å². The number of ketones is 1. The van der Waals surface area contributed by atoms with E-state index in [9.17, 15) is 9.59 Å². The fourth-order valence-corrected chi connectivity index (χ4v) is 2.06. The Kier molecular flexibility index (Phi) is 5.35. The molecule has 0 fully saturated rings. The van der Waals surface area contributed by atoms with Crippen LogP contribution in [0.5, 0.6) is 0 Å². The van der Waals surface area contributed by atoms with Crippen LogP contribution in [0, 0.1) is 5.92 Å². The predicted molar refractivity (Wildman–Crippen MR) is 71.2 cm³/mol. The summed E-state index contributed by atoms with van der Waals surface area (Å²) in [7, 11) is 1.29. The van der Waals surface area contributed by atoms with Gasteiger partial charge in [-0.1, -0.05) is 25.4 Å². The molecule has 4 heteroatoms. The Labute approximate surface area is 112 Å². The van der Waals surface area contributed by atoms with Crippen LogP contribution in [-0.2, 0) is 4.74 Å². The smallest absolute Gasteiger partial charge is 0.338 e. The second-order valence-electron chi connectivity index (χ2n) is 4.06. The van der Waals surface area contributed by atoms with Crippen LogP contribution in [-0.4, -0.2) is 18.9 Å². The molecule has 0 saturated carbocycles. The topological polar surface area (TPSA) is 43.4 Å². The summed E-state index contributed by atoms with van der Waals surface area (Å²) in [5, 5.41) is 0.413. The first-order valence-electron chi connectivity index (χ1n) is 5.97. The zero-order valence-corrected chi connectivity index (χ0v) is 11.6. The highest BCUT2D eigenvalue weighted by Crippen LogP contribution is 2.22. The molecule has 0 radical (unpaired) electrons. The maximum absolute atomic E-state index is 12.3. The van der Waals surface area contributed by atoms with Crippen LogP contribution in [0.3, 0.4) is 0 Å². The van der Waals surface area contributed by atoms with E-state index in [1.54, 1.807) is 12.1 Å². The molecule has 0 spiro atoms. The third-order valence-electron chi connectivity index (χ3n) is 3.01. The molecule has 3 nitrogen and oxygen atoms in total. The largest absolute Gasteiger partial charge is 0.465 e.